The van der Waals surface area contributed by atoms with Gasteiger partial charge in [0.1, 0.15) is 16.4 Å². The van der Waals surface area contributed by atoms with Gasteiger partial charge in [0.15, 0.2) is 11.5 Å². The first-order valence-electron chi connectivity index (χ1n) is 8.60. The van der Waals surface area contributed by atoms with Crippen molar-refractivity contribution < 1.29 is 5.11 Å². The Balaban J connectivity index is 1.84. The van der Waals surface area contributed by atoms with E-state index in [-0.39, 0.29) is 5.75 Å². The van der Waals surface area contributed by atoms with Gasteiger partial charge >= 0.3 is 0 Å². The highest BCUT2D eigenvalue weighted by molar-refractivity contribution is 7.19. The normalized spacial score (nSPS) is 17.3. The molecule has 6 heteroatoms. The van der Waals surface area contributed by atoms with E-state index in [2.05, 4.69) is 12.0 Å². The first kappa shape index (κ1) is 14.8. The molecule has 0 saturated carbocycles. The average molecular weight is 350 g/mol. The van der Waals surface area contributed by atoms with Gasteiger partial charge in [0.25, 0.3) is 0 Å². The van der Waals surface area contributed by atoms with Crippen LogP contribution >= 0.6 is 11.3 Å². The van der Waals surface area contributed by atoms with Gasteiger partial charge in [-0.05, 0) is 49.8 Å². The Labute approximate surface area is 149 Å². The second-order valence-corrected chi connectivity index (χ2v) is 7.88. The molecule has 0 unspecified atom stereocenters. The number of thiophene rings is 1. The topological polar surface area (TPSA) is 63.3 Å². The van der Waals surface area contributed by atoms with Crippen molar-refractivity contribution in [3.05, 3.63) is 40.5 Å². The van der Waals surface area contributed by atoms with Crippen molar-refractivity contribution in [2.45, 2.75) is 39.0 Å². The van der Waals surface area contributed by atoms with Crippen molar-refractivity contribution in [3.8, 4) is 17.1 Å². The number of fused-ring (bicyclic) bond motifs is 5. The summed E-state index contributed by atoms with van der Waals surface area (Å²) in [4.78, 5) is 12.2. The molecule has 5 rings (SSSR count). The van der Waals surface area contributed by atoms with Gasteiger partial charge in [-0.25, -0.2) is 9.97 Å². The summed E-state index contributed by atoms with van der Waals surface area (Å²) in [5, 5.41) is 15.6. The first-order valence-corrected chi connectivity index (χ1v) is 9.41. The molecule has 1 aliphatic carbocycles. The maximum absolute atomic E-state index is 9.76. The monoisotopic (exact) mass is 350 g/mol. The number of aromatic nitrogens is 4. The van der Waals surface area contributed by atoms with Crippen LogP contribution in [0.15, 0.2) is 24.3 Å². The summed E-state index contributed by atoms with van der Waals surface area (Å²) in [7, 11) is 0. The smallest absolute Gasteiger partial charge is 0.182 e. The Morgan fingerprint density at radius 3 is 3.00 bits per heavy atom. The Morgan fingerprint density at radius 1 is 1.28 bits per heavy atom. The highest BCUT2D eigenvalue weighted by atomic mass is 32.1. The van der Waals surface area contributed by atoms with Crippen molar-refractivity contribution in [3.63, 3.8) is 0 Å². The lowest BCUT2D eigenvalue weighted by Crippen LogP contribution is -2.05. The molecule has 1 aromatic carbocycles. The lowest BCUT2D eigenvalue weighted by molar-refractivity contribution is 0.475. The van der Waals surface area contributed by atoms with Crippen LogP contribution in [0.25, 0.3) is 27.3 Å². The Hall–Kier alpha value is -2.47. The van der Waals surface area contributed by atoms with Gasteiger partial charge in [0.2, 0.25) is 0 Å². The number of benzene rings is 1. The zero-order valence-corrected chi connectivity index (χ0v) is 15.0. The van der Waals surface area contributed by atoms with Crippen molar-refractivity contribution in [2.24, 2.45) is 0 Å². The summed E-state index contributed by atoms with van der Waals surface area (Å²) in [6, 6.07) is 7.08. The second-order valence-electron chi connectivity index (χ2n) is 6.79. The van der Waals surface area contributed by atoms with E-state index in [1.807, 2.05) is 34.9 Å². The number of aryl methyl sites for hydroxylation is 2. The third kappa shape index (κ3) is 2.17. The molecule has 1 atom stereocenters. The number of phenols is 1. The van der Waals surface area contributed by atoms with E-state index in [9.17, 15) is 5.11 Å². The Morgan fingerprint density at radius 2 is 2.16 bits per heavy atom. The van der Waals surface area contributed by atoms with Crippen LogP contribution in [0.3, 0.4) is 0 Å². The fraction of sp³-hybridized carbons (Fsp3) is 0.316. The molecular formula is C19H18N4OS. The molecule has 1 aliphatic rings. The number of rotatable bonds is 1. The van der Waals surface area contributed by atoms with Gasteiger partial charge in [-0.1, -0.05) is 19.1 Å². The summed E-state index contributed by atoms with van der Waals surface area (Å²) in [5.74, 6) is 2.22. The van der Waals surface area contributed by atoms with E-state index in [0.29, 0.717) is 11.7 Å². The van der Waals surface area contributed by atoms with Crippen LogP contribution in [0.5, 0.6) is 5.75 Å². The molecule has 0 fully saturated rings. The van der Waals surface area contributed by atoms with Gasteiger partial charge in [0, 0.05) is 10.4 Å². The highest BCUT2D eigenvalue weighted by Crippen LogP contribution is 2.43. The number of aromatic hydroxyl groups is 1. The largest absolute Gasteiger partial charge is 0.508 e. The van der Waals surface area contributed by atoms with E-state index in [0.717, 1.165) is 33.7 Å². The minimum atomic E-state index is 0.220. The van der Waals surface area contributed by atoms with E-state index < -0.39 is 0 Å². The highest BCUT2D eigenvalue weighted by Gasteiger charge is 2.26. The lowest BCUT2D eigenvalue weighted by atomic mass is 9.87. The predicted molar refractivity (Wildman–Crippen MR) is 99.4 cm³/mol. The maximum atomic E-state index is 9.76. The first-order chi connectivity index (χ1) is 12.1. The van der Waals surface area contributed by atoms with Crippen molar-refractivity contribution in [2.75, 3.05) is 0 Å². The molecule has 1 N–H and O–H groups in total. The minimum absolute atomic E-state index is 0.220. The number of hydrogen-bond donors (Lipinski definition) is 1. The molecule has 5 nitrogen and oxygen atoms in total. The quantitative estimate of drug-likeness (QED) is 0.550. The third-order valence-electron chi connectivity index (χ3n) is 5.04. The number of hydrogen-bond acceptors (Lipinski definition) is 5. The number of phenolic OH excluding ortho intramolecular Hbond substituents is 1. The molecule has 3 heterocycles. The zero-order chi connectivity index (χ0) is 17.1. The van der Waals surface area contributed by atoms with E-state index in [4.69, 9.17) is 9.97 Å². The van der Waals surface area contributed by atoms with Crippen LogP contribution in [-0.4, -0.2) is 24.7 Å². The molecule has 0 radical (unpaired) electrons. The van der Waals surface area contributed by atoms with E-state index in [1.165, 1.54) is 23.3 Å². The molecule has 3 aromatic heterocycles. The summed E-state index contributed by atoms with van der Waals surface area (Å²) in [6.45, 7) is 4.27. The summed E-state index contributed by atoms with van der Waals surface area (Å²) >= 11 is 1.81. The van der Waals surface area contributed by atoms with Crippen LogP contribution in [0.1, 0.15) is 41.9 Å². The predicted octanol–water partition coefficient (Wildman–Crippen LogP) is 4.46. The van der Waals surface area contributed by atoms with Crippen LogP contribution in [0, 0.1) is 6.92 Å². The Bertz CT molecular complexity index is 1130. The van der Waals surface area contributed by atoms with Crippen LogP contribution in [0.2, 0.25) is 0 Å². The maximum Gasteiger partial charge on any atom is 0.182 e. The standard InChI is InChI=1S/C19H18N4OS/c1-10-5-3-8-14-15(10)16-18-21-17(12-6-4-7-13(24)9-12)22-23(18)11(2)20-19(16)25-14/h4,6-7,9-10,24H,3,5,8H2,1-2H3/t10-/m0/s1. The molecule has 4 aromatic rings. The second kappa shape index (κ2) is 5.26. The number of nitrogens with zero attached hydrogens (tertiary/aromatic N) is 4. The summed E-state index contributed by atoms with van der Waals surface area (Å²) in [6.07, 6.45) is 3.60. The Kier molecular flexibility index (Phi) is 3.12. The van der Waals surface area contributed by atoms with Crippen LogP contribution < -0.4 is 0 Å². The van der Waals surface area contributed by atoms with Crippen LogP contribution in [0.4, 0.5) is 0 Å². The lowest BCUT2D eigenvalue weighted by Gasteiger charge is -2.18. The fourth-order valence-electron chi connectivity index (χ4n) is 3.85. The van der Waals surface area contributed by atoms with Gasteiger partial charge in [-0.2, -0.15) is 4.52 Å². The van der Waals surface area contributed by atoms with Gasteiger partial charge < -0.3 is 5.11 Å². The SMILES string of the molecule is Cc1nc2sc3c(c2c2nc(-c4cccc(O)c4)nn12)[C@@H](C)CCC3. The summed E-state index contributed by atoms with van der Waals surface area (Å²) in [5.41, 5.74) is 3.11. The van der Waals surface area contributed by atoms with Crippen LogP contribution in [-0.2, 0) is 6.42 Å². The van der Waals surface area contributed by atoms with Crippen molar-refractivity contribution in [1.29, 1.82) is 0 Å². The van der Waals surface area contributed by atoms with Crippen molar-refractivity contribution >= 4 is 27.2 Å². The van der Waals surface area contributed by atoms with E-state index in [1.54, 1.807) is 12.1 Å². The fourth-order valence-corrected chi connectivity index (χ4v) is 5.23. The third-order valence-corrected chi connectivity index (χ3v) is 6.20. The van der Waals surface area contributed by atoms with Gasteiger partial charge in [-0.15, -0.1) is 16.4 Å². The molecule has 0 spiro atoms. The van der Waals surface area contributed by atoms with Gasteiger partial charge in [0.05, 0.1) is 5.39 Å². The molecule has 0 bridgehead atoms. The molecular weight excluding hydrogens is 332 g/mol. The molecule has 25 heavy (non-hydrogen) atoms. The molecule has 0 aliphatic heterocycles. The van der Waals surface area contributed by atoms with Gasteiger partial charge in [-0.3, -0.25) is 0 Å². The molecule has 0 amide bonds. The molecule has 0 saturated heterocycles. The molecule has 126 valence electrons. The minimum Gasteiger partial charge on any atom is -0.508 e. The van der Waals surface area contributed by atoms with Crippen molar-refractivity contribution in [1.82, 2.24) is 19.6 Å². The summed E-state index contributed by atoms with van der Waals surface area (Å²) < 4.78 is 1.84. The average Bonchev–Trinajstić information content (AvgIpc) is 3.17. The van der Waals surface area contributed by atoms with E-state index >= 15 is 0 Å². The zero-order valence-electron chi connectivity index (χ0n) is 14.2.